The van der Waals surface area contributed by atoms with Gasteiger partial charge < -0.3 is 16.0 Å². The van der Waals surface area contributed by atoms with Crippen molar-refractivity contribution in [2.75, 3.05) is 26.2 Å². The Bertz CT molecular complexity index is 283. The highest BCUT2D eigenvalue weighted by atomic mass is 16.2. The second kappa shape index (κ2) is 6.00. The highest BCUT2D eigenvalue weighted by molar-refractivity contribution is 5.81. The van der Waals surface area contributed by atoms with Gasteiger partial charge in [-0.3, -0.25) is 9.59 Å². The Labute approximate surface area is 102 Å². The van der Waals surface area contributed by atoms with Gasteiger partial charge in [0.05, 0.1) is 5.92 Å². The predicted octanol–water partition coefficient (Wildman–Crippen LogP) is -0.372. The van der Waals surface area contributed by atoms with Crippen molar-refractivity contribution in [3.05, 3.63) is 0 Å². The molecule has 0 aromatic rings. The zero-order valence-electron chi connectivity index (χ0n) is 10.1. The fourth-order valence-electron chi connectivity index (χ4n) is 2.08. The van der Waals surface area contributed by atoms with Crippen LogP contribution in [-0.2, 0) is 9.59 Å². The molecule has 1 saturated carbocycles. The number of hydrogen-bond donors (Lipinski definition) is 3. The summed E-state index contributed by atoms with van der Waals surface area (Å²) in [5.74, 6) is 0.590. The third kappa shape index (κ3) is 4.00. The van der Waals surface area contributed by atoms with Crippen LogP contribution < -0.4 is 16.0 Å². The van der Waals surface area contributed by atoms with Crippen LogP contribution in [0.3, 0.4) is 0 Å². The van der Waals surface area contributed by atoms with E-state index in [-0.39, 0.29) is 23.7 Å². The smallest absolute Gasteiger partial charge is 0.224 e. The van der Waals surface area contributed by atoms with Crippen molar-refractivity contribution in [3.8, 4) is 0 Å². The Morgan fingerprint density at radius 2 is 1.65 bits per heavy atom. The van der Waals surface area contributed by atoms with Crippen LogP contribution in [0.25, 0.3) is 0 Å². The fourth-order valence-corrected chi connectivity index (χ4v) is 2.08. The van der Waals surface area contributed by atoms with Gasteiger partial charge in [0.15, 0.2) is 0 Å². The SMILES string of the molecule is O=C(NCCNC(=O)[C@@H]1CCCNC1)C1CC1. The van der Waals surface area contributed by atoms with Crippen LogP contribution in [-0.4, -0.2) is 38.0 Å². The van der Waals surface area contributed by atoms with Crippen molar-refractivity contribution >= 4 is 11.8 Å². The lowest BCUT2D eigenvalue weighted by atomic mass is 9.99. The first-order chi connectivity index (χ1) is 8.27. The van der Waals surface area contributed by atoms with E-state index in [0.29, 0.717) is 13.1 Å². The molecule has 0 bridgehead atoms. The number of hydrogen-bond acceptors (Lipinski definition) is 3. The quantitative estimate of drug-likeness (QED) is 0.573. The third-order valence-electron chi connectivity index (χ3n) is 3.34. The summed E-state index contributed by atoms with van der Waals surface area (Å²) in [6, 6.07) is 0. The first-order valence-electron chi connectivity index (χ1n) is 6.53. The summed E-state index contributed by atoms with van der Waals surface area (Å²) < 4.78 is 0. The molecule has 1 aliphatic heterocycles. The molecule has 3 N–H and O–H groups in total. The highest BCUT2D eigenvalue weighted by Crippen LogP contribution is 2.28. The lowest BCUT2D eigenvalue weighted by molar-refractivity contribution is -0.126. The van der Waals surface area contributed by atoms with Crippen LogP contribution >= 0.6 is 0 Å². The lowest BCUT2D eigenvalue weighted by Gasteiger charge is -2.21. The van der Waals surface area contributed by atoms with Crippen LogP contribution in [0.5, 0.6) is 0 Å². The molecule has 1 aliphatic carbocycles. The molecule has 0 radical (unpaired) electrons. The molecular formula is C12H21N3O2. The Morgan fingerprint density at radius 3 is 2.18 bits per heavy atom. The molecular weight excluding hydrogens is 218 g/mol. The van der Waals surface area contributed by atoms with E-state index in [0.717, 1.165) is 38.8 Å². The Morgan fingerprint density at radius 1 is 1.00 bits per heavy atom. The van der Waals surface area contributed by atoms with E-state index in [4.69, 9.17) is 0 Å². The van der Waals surface area contributed by atoms with E-state index in [9.17, 15) is 9.59 Å². The molecule has 5 heteroatoms. The molecule has 17 heavy (non-hydrogen) atoms. The molecule has 2 amide bonds. The highest BCUT2D eigenvalue weighted by Gasteiger charge is 2.29. The van der Waals surface area contributed by atoms with Crippen molar-refractivity contribution in [3.63, 3.8) is 0 Å². The second-order valence-electron chi connectivity index (χ2n) is 4.90. The molecule has 0 aromatic carbocycles. The van der Waals surface area contributed by atoms with Gasteiger partial charge in [0.2, 0.25) is 11.8 Å². The number of piperidine rings is 1. The Balaban J connectivity index is 1.54. The van der Waals surface area contributed by atoms with Gasteiger partial charge >= 0.3 is 0 Å². The standard InChI is InChI=1S/C12H21N3O2/c16-11(9-3-4-9)14-6-7-15-12(17)10-2-1-5-13-8-10/h9-10,13H,1-8H2,(H,14,16)(H,15,17)/t10-/m1/s1. The molecule has 1 heterocycles. The summed E-state index contributed by atoms with van der Waals surface area (Å²) in [4.78, 5) is 23.0. The minimum absolute atomic E-state index is 0.0999. The number of amides is 2. The van der Waals surface area contributed by atoms with Crippen LogP contribution in [0, 0.1) is 11.8 Å². The molecule has 2 aliphatic rings. The molecule has 5 nitrogen and oxygen atoms in total. The monoisotopic (exact) mass is 239 g/mol. The Hall–Kier alpha value is -1.10. The van der Waals surface area contributed by atoms with Gasteiger partial charge in [-0.05, 0) is 32.2 Å². The van der Waals surface area contributed by atoms with Gasteiger partial charge in [-0.2, -0.15) is 0 Å². The summed E-state index contributed by atoms with van der Waals surface area (Å²) in [6.45, 7) is 2.87. The average Bonchev–Trinajstić information content (AvgIpc) is 3.19. The normalized spacial score (nSPS) is 24.1. The minimum atomic E-state index is 0.0999. The summed E-state index contributed by atoms with van der Waals surface area (Å²) in [5, 5.41) is 8.92. The van der Waals surface area contributed by atoms with Crippen LogP contribution in [0.15, 0.2) is 0 Å². The largest absolute Gasteiger partial charge is 0.354 e. The Kier molecular flexibility index (Phi) is 4.36. The van der Waals surface area contributed by atoms with Gasteiger partial charge in [-0.15, -0.1) is 0 Å². The fraction of sp³-hybridized carbons (Fsp3) is 0.833. The zero-order chi connectivity index (χ0) is 12.1. The summed E-state index contributed by atoms with van der Waals surface area (Å²) in [6.07, 6.45) is 4.07. The van der Waals surface area contributed by atoms with Crippen molar-refractivity contribution < 1.29 is 9.59 Å². The van der Waals surface area contributed by atoms with Crippen molar-refractivity contribution in [2.24, 2.45) is 11.8 Å². The number of carbonyl (C=O) groups excluding carboxylic acids is 2. The topological polar surface area (TPSA) is 70.2 Å². The van der Waals surface area contributed by atoms with Crippen LogP contribution in [0.2, 0.25) is 0 Å². The van der Waals surface area contributed by atoms with E-state index in [1.54, 1.807) is 0 Å². The van der Waals surface area contributed by atoms with E-state index < -0.39 is 0 Å². The van der Waals surface area contributed by atoms with E-state index in [1.165, 1.54) is 0 Å². The van der Waals surface area contributed by atoms with E-state index in [2.05, 4.69) is 16.0 Å². The van der Waals surface area contributed by atoms with E-state index in [1.807, 2.05) is 0 Å². The maximum Gasteiger partial charge on any atom is 0.224 e. The van der Waals surface area contributed by atoms with Crippen LogP contribution in [0.1, 0.15) is 25.7 Å². The first kappa shape index (κ1) is 12.4. The predicted molar refractivity (Wildman–Crippen MR) is 64.3 cm³/mol. The van der Waals surface area contributed by atoms with Crippen molar-refractivity contribution in [1.82, 2.24) is 16.0 Å². The van der Waals surface area contributed by atoms with Gasteiger partial charge in [-0.1, -0.05) is 0 Å². The van der Waals surface area contributed by atoms with Gasteiger partial charge in [0.1, 0.15) is 0 Å². The van der Waals surface area contributed by atoms with Crippen molar-refractivity contribution in [2.45, 2.75) is 25.7 Å². The summed E-state index contributed by atoms with van der Waals surface area (Å²) >= 11 is 0. The first-order valence-corrected chi connectivity index (χ1v) is 6.53. The number of rotatable bonds is 5. The molecule has 0 spiro atoms. The number of nitrogens with one attached hydrogen (secondary N) is 3. The van der Waals surface area contributed by atoms with Gasteiger partial charge in [0.25, 0.3) is 0 Å². The second-order valence-corrected chi connectivity index (χ2v) is 4.90. The van der Waals surface area contributed by atoms with Crippen LogP contribution in [0.4, 0.5) is 0 Å². The average molecular weight is 239 g/mol. The minimum Gasteiger partial charge on any atom is -0.354 e. The lowest BCUT2D eigenvalue weighted by Crippen LogP contribution is -2.43. The maximum atomic E-state index is 11.7. The third-order valence-corrected chi connectivity index (χ3v) is 3.34. The van der Waals surface area contributed by atoms with Gasteiger partial charge in [0, 0.05) is 25.6 Å². The molecule has 0 aromatic heterocycles. The molecule has 1 saturated heterocycles. The molecule has 2 rings (SSSR count). The maximum absolute atomic E-state index is 11.7. The van der Waals surface area contributed by atoms with Crippen molar-refractivity contribution in [1.29, 1.82) is 0 Å². The molecule has 0 unspecified atom stereocenters. The summed E-state index contributed by atoms with van der Waals surface area (Å²) in [7, 11) is 0. The number of carbonyl (C=O) groups is 2. The van der Waals surface area contributed by atoms with Gasteiger partial charge in [-0.25, -0.2) is 0 Å². The van der Waals surface area contributed by atoms with E-state index >= 15 is 0 Å². The molecule has 1 atom stereocenters. The molecule has 2 fully saturated rings. The molecule has 96 valence electrons. The summed E-state index contributed by atoms with van der Waals surface area (Å²) in [5.41, 5.74) is 0. The zero-order valence-corrected chi connectivity index (χ0v) is 10.1.